The lowest BCUT2D eigenvalue weighted by Crippen LogP contribution is -1.95. The number of aromatic amines is 1. The highest BCUT2D eigenvalue weighted by Gasteiger charge is 2.07. The molecule has 0 aliphatic carbocycles. The van der Waals surface area contributed by atoms with E-state index in [0.29, 0.717) is 16.8 Å². The zero-order chi connectivity index (χ0) is 13.9. The van der Waals surface area contributed by atoms with Crippen molar-refractivity contribution in [1.29, 1.82) is 0 Å². The molecule has 0 unspecified atom stereocenters. The quantitative estimate of drug-likeness (QED) is 0.715. The van der Waals surface area contributed by atoms with Crippen molar-refractivity contribution < 1.29 is 4.42 Å². The number of fused-ring (bicyclic) bond motifs is 1. The van der Waals surface area contributed by atoms with E-state index in [2.05, 4.69) is 17.1 Å². The fourth-order valence-electron chi connectivity index (χ4n) is 2.42. The Morgan fingerprint density at radius 1 is 1.05 bits per heavy atom. The Labute approximate surface area is 116 Å². The molecule has 3 rings (SSSR count). The van der Waals surface area contributed by atoms with Gasteiger partial charge >= 0.3 is 5.76 Å². The average molecular weight is 268 g/mol. The number of hydrogen-bond donors (Lipinski definition) is 2. The standard InChI is InChI=1S/C16H16N2O2/c17-13-9-12(10-14-15(13)18-16(19)20-14)8-4-7-11-5-2-1-3-6-11/h1-3,5-6,9-10H,4,7-8,17H2,(H,18,19). The minimum Gasteiger partial charge on any atom is -0.408 e. The van der Waals surface area contributed by atoms with Crippen LogP contribution in [0.2, 0.25) is 0 Å². The van der Waals surface area contributed by atoms with Gasteiger partial charge in [0, 0.05) is 0 Å². The predicted molar refractivity (Wildman–Crippen MR) is 79.7 cm³/mol. The molecular weight excluding hydrogens is 252 g/mol. The van der Waals surface area contributed by atoms with Gasteiger partial charge in [0.1, 0.15) is 5.52 Å². The Morgan fingerprint density at radius 2 is 1.80 bits per heavy atom. The normalized spacial score (nSPS) is 11.0. The van der Waals surface area contributed by atoms with Crippen molar-refractivity contribution in [3.05, 3.63) is 64.1 Å². The Morgan fingerprint density at radius 3 is 2.60 bits per heavy atom. The highest BCUT2D eigenvalue weighted by Crippen LogP contribution is 2.21. The Kier molecular flexibility index (Phi) is 3.29. The molecule has 20 heavy (non-hydrogen) atoms. The molecule has 1 aromatic heterocycles. The SMILES string of the molecule is Nc1cc(CCCc2ccccc2)cc2oc(=O)[nH]c12. The number of aromatic nitrogens is 1. The maximum Gasteiger partial charge on any atom is 0.417 e. The molecule has 0 bridgehead atoms. The van der Waals surface area contributed by atoms with E-state index in [1.165, 1.54) is 5.56 Å². The number of nitrogens with one attached hydrogen (secondary N) is 1. The molecule has 0 atom stereocenters. The van der Waals surface area contributed by atoms with Gasteiger partial charge in [0.05, 0.1) is 5.69 Å². The van der Waals surface area contributed by atoms with Crippen molar-refractivity contribution in [3.63, 3.8) is 0 Å². The van der Waals surface area contributed by atoms with E-state index < -0.39 is 5.76 Å². The van der Waals surface area contributed by atoms with Crippen molar-refractivity contribution in [3.8, 4) is 0 Å². The molecule has 0 saturated heterocycles. The van der Waals surface area contributed by atoms with E-state index >= 15 is 0 Å². The first-order valence-electron chi connectivity index (χ1n) is 6.67. The monoisotopic (exact) mass is 268 g/mol. The number of oxazole rings is 1. The molecule has 0 aliphatic rings. The Hall–Kier alpha value is -2.49. The van der Waals surface area contributed by atoms with E-state index in [1.54, 1.807) is 0 Å². The van der Waals surface area contributed by atoms with Gasteiger partial charge in [0.25, 0.3) is 0 Å². The topological polar surface area (TPSA) is 72.0 Å². The molecule has 2 aromatic carbocycles. The summed E-state index contributed by atoms with van der Waals surface area (Å²) in [5, 5.41) is 0. The van der Waals surface area contributed by atoms with Crippen molar-refractivity contribution >= 4 is 16.8 Å². The molecule has 1 heterocycles. The van der Waals surface area contributed by atoms with Crippen molar-refractivity contribution in [2.75, 3.05) is 5.73 Å². The largest absolute Gasteiger partial charge is 0.417 e. The number of aryl methyl sites for hydroxylation is 2. The second-order valence-corrected chi connectivity index (χ2v) is 4.91. The third-order valence-corrected chi connectivity index (χ3v) is 3.40. The minimum absolute atomic E-state index is 0.465. The molecule has 4 heteroatoms. The van der Waals surface area contributed by atoms with E-state index in [-0.39, 0.29) is 0 Å². The zero-order valence-corrected chi connectivity index (χ0v) is 11.1. The van der Waals surface area contributed by atoms with Gasteiger partial charge in [-0.05, 0) is 42.5 Å². The second-order valence-electron chi connectivity index (χ2n) is 4.91. The van der Waals surface area contributed by atoms with Crippen molar-refractivity contribution in [2.45, 2.75) is 19.3 Å². The average Bonchev–Trinajstić information content (AvgIpc) is 2.81. The number of nitrogen functional groups attached to an aromatic ring is 1. The highest BCUT2D eigenvalue weighted by molar-refractivity contribution is 5.85. The summed E-state index contributed by atoms with van der Waals surface area (Å²) in [5.41, 5.74) is 10.0. The second kappa shape index (κ2) is 5.25. The molecule has 102 valence electrons. The third-order valence-electron chi connectivity index (χ3n) is 3.40. The Balaban J connectivity index is 1.73. The molecule has 3 N–H and O–H groups in total. The van der Waals surface area contributed by atoms with Crippen LogP contribution in [0.3, 0.4) is 0 Å². The third kappa shape index (κ3) is 2.59. The number of anilines is 1. The van der Waals surface area contributed by atoms with Crippen LogP contribution in [0.1, 0.15) is 17.5 Å². The summed E-state index contributed by atoms with van der Waals surface area (Å²) in [6.07, 6.45) is 2.96. The maximum absolute atomic E-state index is 11.2. The van der Waals surface area contributed by atoms with Crippen molar-refractivity contribution in [1.82, 2.24) is 4.98 Å². The number of benzene rings is 2. The first kappa shape index (κ1) is 12.5. The van der Waals surface area contributed by atoms with Crippen molar-refractivity contribution in [2.24, 2.45) is 0 Å². The van der Waals surface area contributed by atoms with Gasteiger partial charge in [-0.3, -0.25) is 4.98 Å². The van der Waals surface area contributed by atoms with E-state index in [1.807, 2.05) is 30.3 Å². The molecule has 4 nitrogen and oxygen atoms in total. The lowest BCUT2D eigenvalue weighted by atomic mass is 10.0. The van der Waals surface area contributed by atoms with Crippen LogP contribution in [0.4, 0.5) is 5.69 Å². The molecule has 0 aliphatic heterocycles. The van der Waals surface area contributed by atoms with E-state index in [9.17, 15) is 4.79 Å². The van der Waals surface area contributed by atoms with Crippen LogP contribution < -0.4 is 11.5 Å². The minimum atomic E-state index is -0.465. The molecule has 0 radical (unpaired) electrons. The predicted octanol–water partition coefficient (Wildman–Crippen LogP) is 2.88. The summed E-state index contributed by atoms with van der Waals surface area (Å²) < 4.78 is 5.06. The summed E-state index contributed by atoms with van der Waals surface area (Å²) in [6.45, 7) is 0. The smallest absolute Gasteiger partial charge is 0.408 e. The number of rotatable bonds is 4. The lowest BCUT2D eigenvalue weighted by Gasteiger charge is -2.04. The maximum atomic E-state index is 11.2. The molecule has 3 aromatic rings. The Bertz CT molecular complexity index is 772. The van der Waals surface area contributed by atoms with Crippen LogP contribution in [0.15, 0.2) is 51.7 Å². The summed E-state index contributed by atoms with van der Waals surface area (Å²) >= 11 is 0. The van der Waals surface area contributed by atoms with Gasteiger partial charge in [0.15, 0.2) is 5.58 Å². The van der Waals surface area contributed by atoms with Gasteiger partial charge < -0.3 is 10.2 Å². The molecule has 0 saturated carbocycles. The van der Waals surface area contributed by atoms with Gasteiger partial charge in [-0.2, -0.15) is 0 Å². The fraction of sp³-hybridized carbons (Fsp3) is 0.188. The van der Waals surface area contributed by atoms with Crippen LogP contribution in [-0.2, 0) is 12.8 Å². The van der Waals surface area contributed by atoms with Crippen LogP contribution in [-0.4, -0.2) is 4.98 Å². The number of hydrogen-bond acceptors (Lipinski definition) is 3. The lowest BCUT2D eigenvalue weighted by molar-refractivity contribution is 0.555. The summed E-state index contributed by atoms with van der Waals surface area (Å²) in [4.78, 5) is 13.8. The number of nitrogens with two attached hydrogens (primary N) is 1. The highest BCUT2D eigenvalue weighted by atomic mass is 16.4. The number of H-pyrrole nitrogens is 1. The van der Waals surface area contributed by atoms with Crippen LogP contribution >= 0.6 is 0 Å². The van der Waals surface area contributed by atoms with Gasteiger partial charge in [0.2, 0.25) is 0 Å². The summed E-state index contributed by atoms with van der Waals surface area (Å²) in [5.74, 6) is -0.465. The first-order valence-corrected chi connectivity index (χ1v) is 6.67. The van der Waals surface area contributed by atoms with Crippen LogP contribution in [0.25, 0.3) is 11.1 Å². The van der Waals surface area contributed by atoms with Gasteiger partial charge in [-0.25, -0.2) is 4.79 Å². The zero-order valence-electron chi connectivity index (χ0n) is 11.1. The van der Waals surface area contributed by atoms with Gasteiger partial charge in [-0.1, -0.05) is 30.3 Å². The molecule has 0 amide bonds. The fourth-order valence-corrected chi connectivity index (χ4v) is 2.42. The molecule has 0 spiro atoms. The summed E-state index contributed by atoms with van der Waals surface area (Å²) in [7, 11) is 0. The van der Waals surface area contributed by atoms with Crippen LogP contribution in [0.5, 0.6) is 0 Å². The van der Waals surface area contributed by atoms with E-state index in [0.717, 1.165) is 24.8 Å². The van der Waals surface area contributed by atoms with E-state index in [4.69, 9.17) is 10.2 Å². The van der Waals surface area contributed by atoms with Crippen LogP contribution in [0, 0.1) is 0 Å². The summed E-state index contributed by atoms with van der Waals surface area (Å²) in [6, 6.07) is 14.2. The first-order chi connectivity index (χ1) is 9.72. The molecule has 0 fully saturated rings. The molecular formula is C16H16N2O2. The van der Waals surface area contributed by atoms with Gasteiger partial charge in [-0.15, -0.1) is 0 Å².